The number of anilines is 2. The standard InChI is InChI=1S/C14H23N3O3S/c1-17(2)21(19,20)13-8-4-6-11(14(13)15)16-9-10-5-3-7-12(10)18/h4,6,8,10,12,16,18H,3,5,7,9,15H2,1-2H3. The summed E-state index contributed by atoms with van der Waals surface area (Å²) in [5.41, 5.74) is 6.81. The number of aliphatic hydroxyl groups is 1. The molecule has 1 saturated carbocycles. The van der Waals surface area contributed by atoms with Crippen molar-refractivity contribution in [2.45, 2.75) is 30.3 Å². The van der Waals surface area contributed by atoms with E-state index in [0.29, 0.717) is 12.2 Å². The number of benzene rings is 1. The highest BCUT2D eigenvalue weighted by Gasteiger charge is 2.26. The largest absolute Gasteiger partial charge is 0.396 e. The maximum absolute atomic E-state index is 12.2. The van der Waals surface area contributed by atoms with Gasteiger partial charge in [-0.15, -0.1) is 0 Å². The van der Waals surface area contributed by atoms with Crippen LogP contribution in [0.1, 0.15) is 19.3 Å². The molecule has 1 aromatic rings. The molecule has 1 aliphatic carbocycles. The zero-order chi connectivity index (χ0) is 15.6. The lowest BCUT2D eigenvalue weighted by Gasteiger charge is -2.19. The van der Waals surface area contributed by atoms with Crippen LogP contribution >= 0.6 is 0 Å². The summed E-state index contributed by atoms with van der Waals surface area (Å²) in [7, 11) is -0.607. The number of sulfonamides is 1. The van der Waals surface area contributed by atoms with Crippen LogP contribution in [-0.4, -0.2) is 44.6 Å². The van der Waals surface area contributed by atoms with Crippen molar-refractivity contribution < 1.29 is 13.5 Å². The van der Waals surface area contributed by atoms with Gasteiger partial charge >= 0.3 is 0 Å². The predicted molar refractivity (Wildman–Crippen MR) is 83.6 cm³/mol. The Hall–Kier alpha value is -1.31. The monoisotopic (exact) mass is 313 g/mol. The molecular weight excluding hydrogens is 290 g/mol. The van der Waals surface area contributed by atoms with Crippen LogP contribution in [-0.2, 0) is 10.0 Å². The van der Waals surface area contributed by atoms with Gasteiger partial charge in [0.2, 0.25) is 10.0 Å². The number of para-hydroxylation sites is 1. The van der Waals surface area contributed by atoms with E-state index >= 15 is 0 Å². The van der Waals surface area contributed by atoms with Crippen LogP contribution in [0.3, 0.4) is 0 Å². The van der Waals surface area contributed by atoms with Crippen LogP contribution in [0.5, 0.6) is 0 Å². The van der Waals surface area contributed by atoms with Crippen molar-refractivity contribution in [2.75, 3.05) is 31.7 Å². The third kappa shape index (κ3) is 3.30. The van der Waals surface area contributed by atoms with Gasteiger partial charge in [0.05, 0.1) is 17.5 Å². The van der Waals surface area contributed by atoms with Gasteiger partial charge in [0.1, 0.15) is 4.90 Å². The zero-order valence-electron chi connectivity index (χ0n) is 12.4. The van der Waals surface area contributed by atoms with Crippen LogP contribution in [0.25, 0.3) is 0 Å². The van der Waals surface area contributed by atoms with Crippen molar-refractivity contribution >= 4 is 21.4 Å². The molecule has 118 valence electrons. The number of nitrogens with one attached hydrogen (secondary N) is 1. The first-order valence-electron chi connectivity index (χ1n) is 7.07. The summed E-state index contributed by atoms with van der Waals surface area (Å²) in [5, 5.41) is 13.0. The van der Waals surface area contributed by atoms with E-state index in [4.69, 9.17) is 5.73 Å². The second kappa shape index (κ2) is 6.21. The molecule has 0 aromatic heterocycles. The first-order valence-corrected chi connectivity index (χ1v) is 8.51. The van der Waals surface area contributed by atoms with E-state index in [-0.39, 0.29) is 22.6 Å². The fourth-order valence-electron chi connectivity index (χ4n) is 2.62. The van der Waals surface area contributed by atoms with Crippen LogP contribution < -0.4 is 11.1 Å². The molecule has 1 fully saturated rings. The molecule has 0 saturated heterocycles. The Labute approximate surface area is 126 Å². The molecule has 0 heterocycles. The van der Waals surface area contributed by atoms with E-state index < -0.39 is 10.0 Å². The smallest absolute Gasteiger partial charge is 0.244 e. The average Bonchev–Trinajstić information content (AvgIpc) is 2.82. The van der Waals surface area contributed by atoms with Gasteiger partial charge in [-0.05, 0) is 25.0 Å². The highest BCUT2D eigenvalue weighted by atomic mass is 32.2. The first kappa shape index (κ1) is 16.1. The van der Waals surface area contributed by atoms with Gasteiger partial charge < -0.3 is 16.2 Å². The number of hydrogen-bond donors (Lipinski definition) is 3. The van der Waals surface area contributed by atoms with Gasteiger partial charge in [0, 0.05) is 26.6 Å². The van der Waals surface area contributed by atoms with Crippen molar-refractivity contribution in [1.82, 2.24) is 4.31 Å². The Bertz CT molecular complexity index is 601. The Morgan fingerprint density at radius 1 is 1.38 bits per heavy atom. The van der Waals surface area contributed by atoms with E-state index in [1.54, 1.807) is 12.1 Å². The fraction of sp³-hybridized carbons (Fsp3) is 0.571. The summed E-state index contributed by atoms with van der Waals surface area (Å²) in [6, 6.07) is 4.92. The van der Waals surface area contributed by atoms with Crippen molar-refractivity contribution in [2.24, 2.45) is 5.92 Å². The summed E-state index contributed by atoms with van der Waals surface area (Å²) in [6.07, 6.45) is 2.55. The molecule has 21 heavy (non-hydrogen) atoms. The molecule has 0 bridgehead atoms. The summed E-state index contributed by atoms with van der Waals surface area (Å²) in [4.78, 5) is 0.101. The molecule has 0 amide bonds. The number of hydrogen-bond acceptors (Lipinski definition) is 5. The Morgan fingerprint density at radius 3 is 2.67 bits per heavy atom. The normalized spacial score (nSPS) is 22.7. The number of nitrogens with two attached hydrogens (primary N) is 1. The lowest BCUT2D eigenvalue weighted by Crippen LogP contribution is -2.25. The molecule has 2 atom stereocenters. The molecule has 1 aliphatic rings. The molecule has 6 nitrogen and oxygen atoms in total. The number of rotatable bonds is 5. The molecule has 0 radical (unpaired) electrons. The summed E-state index contributed by atoms with van der Waals surface area (Å²) >= 11 is 0. The molecular formula is C14H23N3O3S. The van der Waals surface area contributed by atoms with Gasteiger partial charge in [-0.3, -0.25) is 0 Å². The quantitative estimate of drug-likeness (QED) is 0.707. The van der Waals surface area contributed by atoms with Crippen molar-refractivity contribution in [1.29, 1.82) is 0 Å². The van der Waals surface area contributed by atoms with E-state index in [9.17, 15) is 13.5 Å². The van der Waals surface area contributed by atoms with Crippen LogP contribution in [0.15, 0.2) is 23.1 Å². The Morgan fingerprint density at radius 2 is 2.10 bits per heavy atom. The SMILES string of the molecule is CN(C)S(=O)(=O)c1cccc(NCC2CCCC2O)c1N. The third-order valence-corrected chi connectivity index (χ3v) is 5.87. The first-order chi connectivity index (χ1) is 9.84. The van der Waals surface area contributed by atoms with Crippen LogP contribution in [0.4, 0.5) is 11.4 Å². The summed E-state index contributed by atoms with van der Waals surface area (Å²) in [6.45, 7) is 0.594. The number of nitrogen functional groups attached to an aromatic ring is 1. The van der Waals surface area contributed by atoms with Crippen molar-refractivity contribution in [3.05, 3.63) is 18.2 Å². The Balaban J connectivity index is 2.18. The van der Waals surface area contributed by atoms with Gasteiger partial charge in [0.25, 0.3) is 0 Å². The van der Waals surface area contributed by atoms with E-state index in [1.165, 1.54) is 20.2 Å². The fourth-order valence-corrected chi connectivity index (χ4v) is 3.65. The second-order valence-electron chi connectivity index (χ2n) is 5.64. The molecule has 4 N–H and O–H groups in total. The maximum Gasteiger partial charge on any atom is 0.244 e. The average molecular weight is 313 g/mol. The van der Waals surface area contributed by atoms with Gasteiger partial charge in [-0.1, -0.05) is 12.5 Å². The van der Waals surface area contributed by atoms with E-state index in [2.05, 4.69) is 5.32 Å². The molecule has 0 aliphatic heterocycles. The minimum absolute atomic E-state index is 0.101. The van der Waals surface area contributed by atoms with E-state index in [0.717, 1.165) is 23.6 Å². The summed E-state index contributed by atoms with van der Waals surface area (Å²) < 4.78 is 25.5. The van der Waals surface area contributed by atoms with E-state index in [1.807, 2.05) is 0 Å². The minimum Gasteiger partial charge on any atom is -0.396 e. The highest BCUT2D eigenvalue weighted by molar-refractivity contribution is 7.89. The lowest BCUT2D eigenvalue weighted by molar-refractivity contribution is 0.138. The van der Waals surface area contributed by atoms with Crippen LogP contribution in [0, 0.1) is 5.92 Å². The molecule has 2 unspecified atom stereocenters. The molecule has 7 heteroatoms. The lowest BCUT2D eigenvalue weighted by atomic mass is 10.1. The number of aliphatic hydroxyl groups excluding tert-OH is 1. The van der Waals surface area contributed by atoms with Crippen LogP contribution in [0.2, 0.25) is 0 Å². The summed E-state index contributed by atoms with van der Waals surface area (Å²) in [5.74, 6) is 0.193. The number of nitrogens with zero attached hydrogens (tertiary/aromatic N) is 1. The minimum atomic E-state index is -3.56. The zero-order valence-corrected chi connectivity index (χ0v) is 13.2. The highest BCUT2D eigenvalue weighted by Crippen LogP contribution is 2.30. The Kier molecular flexibility index (Phi) is 4.75. The second-order valence-corrected chi connectivity index (χ2v) is 7.76. The van der Waals surface area contributed by atoms with Crippen molar-refractivity contribution in [3.8, 4) is 0 Å². The molecule has 1 aromatic carbocycles. The van der Waals surface area contributed by atoms with Crippen molar-refractivity contribution in [3.63, 3.8) is 0 Å². The van der Waals surface area contributed by atoms with Gasteiger partial charge in [-0.2, -0.15) is 0 Å². The molecule has 2 rings (SSSR count). The van der Waals surface area contributed by atoms with Gasteiger partial charge in [0.15, 0.2) is 0 Å². The van der Waals surface area contributed by atoms with Gasteiger partial charge in [-0.25, -0.2) is 12.7 Å². The third-order valence-electron chi connectivity index (χ3n) is 4.00. The topological polar surface area (TPSA) is 95.7 Å². The predicted octanol–water partition coefficient (Wildman–Crippen LogP) is 1.09. The molecule has 0 spiro atoms. The maximum atomic E-state index is 12.2.